The van der Waals surface area contributed by atoms with E-state index in [2.05, 4.69) is 19.8 Å². The van der Waals surface area contributed by atoms with Gasteiger partial charge < -0.3 is 9.47 Å². The highest BCUT2D eigenvalue weighted by atomic mass is 32.2. The third-order valence-electron chi connectivity index (χ3n) is 3.63. The van der Waals surface area contributed by atoms with Gasteiger partial charge in [0.2, 0.25) is 5.82 Å². The summed E-state index contributed by atoms with van der Waals surface area (Å²) in [7, 11) is -1.56. The summed E-state index contributed by atoms with van der Waals surface area (Å²) in [6.07, 6.45) is -1.30. The smallest absolute Gasteiger partial charge is 0.454 e. The van der Waals surface area contributed by atoms with Crippen molar-refractivity contribution in [1.29, 1.82) is 5.26 Å². The van der Waals surface area contributed by atoms with Crippen molar-refractivity contribution in [2.75, 3.05) is 7.11 Å². The van der Waals surface area contributed by atoms with Crippen molar-refractivity contribution in [3.63, 3.8) is 0 Å². The van der Waals surface area contributed by atoms with Gasteiger partial charge in [-0.2, -0.15) is 18.5 Å². The summed E-state index contributed by atoms with van der Waals surface area (Å²) in [5, 5.41) is 21.1. The maximum absolute atomic E-state index is 11.4. The maximum Gasteiger partial charge on any atom is 0.454 e. The van der Waals surface area contributed by atoms with E-state index in [4.69, 9.17) is 14.7 Å². The van der Waals surface area contributed by atoms with Crippen LogP contribution in [0.4, 0.5) is 4.79 Å². The Morgan fingerprint density at radius 1 is 1.21 bits per heavy atom. The zero-order valence-corrected chi connectivity index (χ0v) is 15.7. The number of carbonyl (C=O) groups excluding carboxylic acids is 1. The summed E-state index contributed by atoms with van der Waals surface area (Å²) in [5.74, 6) is 0.451. The van der Waals surface area contributed by atoms with Crippen LogP contribution in [0.25, 0.3) is 11.4 Å². The number of hydrogen-bond acceptors (Lipinski definition) is 9. The Kier molecular flexibility index (Phi) is 5.91. The number of rotatable bonds is 5. The molecule has 0 bridgehead atoms. The van der Waals surface area contributed by atoms with Gasteiger partial charge in [-0.15, -0.1) is 10.2 Å². The first-order valence-electron chi connectivity index (χ1n) is 7.96. The minimum absolute atomic E-state index is 0.0135. The first-order chi connectivity index (χ1) is 14.0. The molecule has 3 aromatic rings. The molecule has 0 N–H and O–H groups in total. The fourth-order valence-electron chi connectivity index (χ4n) is 2.34. The topological polar surface area (TPSA) is 149 Å². The van der Waals surface area contributed by atoms with Crippen LogP contribution in [0.1, 0.15) is 11.1 Å². The number of tetrazole rings is 1. The molecule has 0 aliphatic heterocycles. The monoisotopic (exact) mass is 412 g/mol. The van der Waals surface area contributed by atoms with E-state index in [0.717, 1.165) is 5.56 Å². The number of benzene rings is 2. The lowest BCUT2D eigenvalue weighted by atomic mass is 10.1. The molecule has 11 nitrogen and oxygen atoms in total. The largest absolute Gasteiger partial charge is 0.493 e. The summed E-state index contributed by atoms with van der Waals surface area (Å²) in [5.41, 5.74) is 1.99. The zero-order chi connectivity index (χ0) is 20.8. The van der Waals surface area contributed by atoms with Gasteiger partial charge in [0.1, 0.15) is 0 Å². The Morgan fingerprint density at radius 3 is 2.62 bits per heavy atom. The second-order valence-electron chi connectivity index (χ2n) is 5.49. The average molecular weight is 412 g/mol. The molecule has 0 saturated heterocycles. The van der Waals surface area contributed by atoms with Crippen molar-refractivity contribution in [2.45, 2.75) is 6.54 Å². The van der Waals surface area contributed by atoms with Crippen molar-refractivity contribution in [3.8, 4) is 29.0 Å². The van der Waals surface area contributed by atoms with Crippen LogP contribution >= 0.6 is 0 Å². The number of hydrogen-bond donors (Lipinski definition) is 0. The molecular formula is C17H12N6O5S. The van der Waals surface area contributed by atoms with E-state index in [-0.39, 0.29) is 11.5 Å². The number of amides is 1. The van der Waals surface area contributed by atoms with Gasteiger partial charge in [-0.25, -0.2) is 4.79 Å². The van der Waals surface area contributed by atoms with Crippen molar-refractivity contribution in [2.24, 2.45) is 4.36 Å². The quantitative estimate of drug-likeness (QED) is 0.611. The number of aromatic nitrogens is 4. The first kappa shape index (κ1) is 19.6. The molecule has 1 amide bonds. The van der Waals surface area contributed by atoms with E-state index in [0.29, 0.717) is 23.5 Å². The summed E-state index contributed by atoms with van der Waals surface area (Å²) in [6, 6.07) is 13.5. The van der Waals surface area contributed by atoms with Gasteiger partial charge >= 0.3 is 16.6 Å². The summed E-state index contributed by atoms with van der Waals surface area (Å²) in [6.45, 7) is 0.360. The average Bonchev–Trinajstić information content (AvgIpc) is 3.16. The van der Waals surface area contributed by atoms with Crippen molar-refractivity contribution >= 4 is 16.6 Å². The molecule has 2 aromatic carbocycles. The van der Waals surface area contributed by atoms with Crippen molar-refractivity contribution in [3.05, 3.63) is 53.6 Å². The Bertz CT molecular complexity index is 1220. The molecular weight excluding hydrogens is 400 g/mol. The molecule has 12 heteroatoms. The molecule has 146 valence electrons. The fourth-order valence-corrected chi connectivity index (χ4v) is 2.50. The third kappa shape index (κ3) is 4.99. The van der Waals surface area contributed by atoms with Gasteiger partial charge in [0.25, 0.3) is 0 Å². The molecule has 0 radical (unpaired) electrons. The molecule has 0 unspecified atom stereocenters. The maximum atomic E-state index is 11.4. The van der Waals surface area contributed by atoms with Crippen molar-refractivity contribution in [1.82, 2.24) is 20.2 Å². The minimum atomic E-state index is -2.92. The molecule has 3 rings (SSSR count). The summed E-state index contributed by atoms with van der Waals surface area (Å²) in [4.78, 5) is 12.8. The fraction of sp³-hybridized carbons (Fsp3) is 0.118. The van der Waals surface area contributed by atoms with Gasteiger partial charge in [0.15, 0.2) is 11.5 Å². The normalized spacial score (nSPS) is 10.1. The van der Waals surface area contributed by atoms with E-state index in [1.807, 2.05) is 6.07 Å². The first-order valence-corrected chi connectivity index (χ1v) is 9.00. The van der Waals surface area contributed by atoms with E-state index < -0.39 is 16.6 Å². The molecule has 0 fully saturated rings. The standard InChI is InChI=1S/C17H12N6O5S/c1-27-15-8-13(6-7-14(15)28-17(24)21-29(25)26)16-19-22-23(20-16)10-12-4-2-11(9-18)3-5-12/h2-8H,10H2,1H3. The van der Waals surface area contributed by atoms with Crippen LogP contribution in [0.15, 0.2) is 46.8 Å². The molecule has 0 saturated carbocycles. The Morgan fingerprint density at radius 2 is 1.97 bits per heavy atom. The van der Waals surface area contributed by atoms with Crippen molar-refractivity contribution < 1.29 is 22.7 Å². The molecule has 0 aliphatic carbocycles. The Balaban J connectivity index is 1.79. The van der Waals surface area contributed by atoms with Gasteiger partial charge in [-0.3, -0.25) is 0 Å². The van der Waals surface area contributed by atoms with Crippen LogP contribution in [-0.4, -0.2) is 41.8 Å². The van der Waals surface area contributed by atoms with Gasteiger partial charge in [0.05, 0.1) is 25.3 Å². The van der Waals surface area contributed by atoms with Gasteiger partial charge in [-0.1, -0.05) is 16.5 Å². The van der Waals surface area contributed by atoms with Crippen LogP contribution in [0.3, 0.4) is 0 Å². The lowest BCUT2D eigenvalue weighted by Gasteiger charge is -2.07. The minimum Gasteiger partial charge on any atom is -0.493 e. The van der Waals surface area contributed by atoms with E-state index in [9.17, 15) is 13.2 Å². The summed E-state index contributed by atoms with van der Waals surface area (Å²) >= 11 is 0. The molecule has 0 atom stereocenters. The highest BCUT2D eigenvalue weighted by molar-refractivity contribution is 7.62. The third-order valence-corrected chi connectivity index (χ3v) is 3.93. The number of carbonyl (C=O) groups is 1. The van der Waals surface area contributed by atoms with Crippen LogP contribution in [0.5, 0.6) is 11.5 Å². The Hall–Kier alpha value is -4.11. The molecule has 29 heavy (non-hydrogen) atoms. The van der Waals surface area contributed by atoms with Crippen LogP contribution < -0.4 is 9.47 Å². The number of nitriles is 1. The Labute approximate surface area is 165 Å². The van der Waals surface area contributed by atoms with E-state index in [1.165, 1.54) is 24.0 Å². The molecule has 1 aromatic heterocycles. The molecule has 1 heterocycles. The second-order valence-corrected chi connectivity index (χ2v) is 6.11. The number of ether oxygens (including phenoxy) is 2. The van der Waals surface area contributed by atoms with Crippen LogP contribution in [0, 0.1) is 11.3 Å². The molecule has 0 spiro atoms. The predicted octanol–water partition coefficient (Wildman–Crippen LogP) is 1.83. The lowest BCUT2D eigenvalue weighted by molar-refractivity contribution is 0.209. The summed E-state index contributed by atoms with van der Waals surface area (Å²) < 4.78 is 33.6. The van der Waals surface area contributed by atoms with Gasteiger partial charge in [-0.05, 0) is 41.1 Å². The second kappa shape index (κ2) is 8.72. The predicted molar refractivity (Wildman–Crippen MR) is 97.4 cm³/mol. The van der Waals surface area contributed by atoms with E-state index in [1.54, 1.807) is 30.3 Å². The zero-order valence-electron chi connectivity index (χ0n) is 14.9. The highest BCUT2D eigenvalue weighted by Crippen LogP contribution is 2.31. The number of methoxy groups -OCH3 is 1. The van der Waals surface area contributed by atoms with E-state index >= 15 is 0 Å². The SMILES string of the molecule is COc1cc(-c2nnn(Cc3ccc(C#N)cc3)n2)ccc1OC(=O)N=S(=O)=O. The molecule has 0 aliphatic rings. The van der Waals surface area contributed by atoms with Crippen LogP contribution in [-0.2, 0) is 17.0 Å². The number of nitrogens with zero attached hydrogens (tertiary/aromatic N) is 6. The van der Waals surface area contributed by atoms with Crippen LogP contribution in [0.2, 0.25) is 0 Å². The van der Waals surface area contributed by atoms with Gasteiger partial charge in [0, 0.05) is 5.56 Å². The highest BCUT2D eigenvalue weighted by Gasteiger charge is 2.14. The lowest BCUT2D eigenvalue weighted by Crippen LogP contribution is -2.04.